The molecular formula is C23H30N4O5. The van der Waals surface area contributed by atoms with Crippen LogP contribution in [0.2, 0.25) is 0 Å². The van der Waals surface area contributed by atoms with Gasteiger partial charge in [-0.15, -0.1) is 0 Å². The molecule has 0 atom stereocenters. The molecule has 172 valence electrons. The second-order valence-electron chi connectivity index (χ2n) is 8.57. The van der Waals surface area contributed by atoms with Crippen molar-refractivity contribution in [2.75, 3.05) is 25.1 Å². The number of carbonyl (C=O) groups is 2. The zero-order valence-corrected chi connectivity index (χ0v) is 18.4. The number of fused-ring (bicyclic) bond motifs is 2. The van der Waals surface area contributed by atoms with E-state index in [1.54, 1.807) is 6.07 Å². The van der Waals surface area contributed by atoms with Gasteiger partial charge in [-0.25, -0.2) is 4.98 Å². The summed E-state index contributed by atoms with van der Waals surface area (Å²) < 4.78 is 7.17. The van der Waals surface area contributed by atoms with Crippen LogP contribution in [0.15, 0.2) is 16.9 Å². The van der Waals surface area contributed by atoms with Gasteiger partial charge in [0.05, 0.1) is 24.1 Å². The van der Waals surface area contributed by atoms with Gasteiger partial charge in [-0.2, -0.15) is 0 Å². The number of nitrogens with zero attached hydrogens (tertiary/aromatic N) is 3. The Morgan fingerprint density at radius 1 is 1.28 bits per heavy atom. The highest BCUT2D eigenvalue weighted by Crippen LogP contribution is 2.25. The van der Waals surface area contributed by atoms with E-state index < -0.39 is 0 Å². The van der Waals surface area contributed by atoms with Crippen molar-refractivity contribution in [3.63, 3.8) is 0 Å². The first kappa shape index (κ1) is 22.3. The molecule has 1 aromatic heterocycles. The molecule has 0 unspecified atom stereocenters. The predicted molar refractivity (Wildman–Crippen MR) is 120 cm³/mol. The van der Waals surface area contributed by atoms with Crippen LogP contribution in [-0.4, -0.2) is 57.2 Å². The molecule has 2 aromatic rings. The Kier molecular flexibility index (Phi) is 6.74. The molecule has 2 heterocycles. The molecular weight excluding hydrogens is 412 g/mol. The van der Waals surface area contributed by atoms with E-state index in [2.05, 4.69) is 10.3 Å². The van der Waals surface area contributed by atoms with Crippen LogP contribution in [-0.2, 0) is 16.1 Å². The van der Waals surface area contributed by atoms with Crippen LogP contribution in [0.25, 0.3) is 10.9 Å². The van der Waals surface area contributed by atoms with E-state index in [1.165, 1.54) is 11.0 Å². The summed E-state index contributed by atoms with van der Waals surface area (Å²) in [5.74, 6) is 0.610. The Morgan fingerprint density at radius 2 is 2.06 bits per heavy atom. The molecule has 9 heteroatoms. The molecule has 1 saturated carbocycles. The highest BCUT2D eigenvalue weighted by molar-refractivity contribution is 5.94. The minimum Gasteiger partial charge on any atom is -0.494 e. The van der Waals surface area contributed by atoms with Gasteiger partial charge in [0.1, 0.15) is 12.3 Å². The van der Waals surface area contributed by atoms with Crippen LogP contribution in [0, 0.1) is 6.92 Å². The van der Waals surface area contributed by atoms with Gasteiger partial charge in [-0.3, -0.25) is 24.3 Å². The van der Waals surface area contributed by atoms with Crippen molar-refractivity contribution in [1.29, 1.82) is 0 Å². The summed E-state index contributed by atoms with van der Waals surface area (Å²) in [5.41, 5.74) is 1.04. The normalized spacial score (nSPS) is 16.1. The summed E-state index contributed by atoms with van der Waals surface area (Å²) >= 11 is 0. The monoisotopic (exact) mass is 442 g/mol. The minimum absolute atomic E-state index is 0.0243. The van der Waals surface area contributed by atoms with Crippen molar-refractivity contribution in [1.82, 2.24) is 14.5 Å². The van der Waals surface area contributed by atoms with Gasteiger partial charge in [0, 0.05) is 19.0 Å². The van der Waals surface area contributed by atoms with Crippen molar-refractivity contribution in [2.24, 2.45) is 0 Å². The van der Waals surface area contributed by atoms with E-state index in [0.29, 0.717) is 42.6 Å². The van der Waals surface area contributed by atoms with E-state index in [-0.39, 0.29) is 42.5 Å². The van der Waals surface area contributed by atoms with Crippen molar-refractivity contribution in [3.05, 3.63) is 28.0 Å². The number of hydrogen-bond donors (Lipinski definition) is 2. The summed E-state index contributed by atoms with van der Waals surface area (Å²) in [6.45, 7) is 2.51. The molecule has 2 amide bonds. The number of hydrogen-bond acceptors (Lipinski definition) is 6. The van der Waals surface area contributed by atoms with E-state index in [9.17, 15) is 19.5 Å². The van der Waals surface area contributed by atoms with Crippen molar-refractivity contribution < 1.29 is 19.4 Å². The van der Waals surface area contributed by atoms with Crippen LogP contribution in [0.1, 0.15) is 50.5 Å². The maximum Gasteiger partial charge on any atom is 0.263 e. The Bertz CT molecular complexity index is 1070. The summed E-state index contributed by atoms with van der Waals surface area (Å²) in [4.78, 5) is 43.4. The first-order valence-corrected chi connectivity index (χ1v) is 11.4. The van der Waals surface area contributed by atoms with Crippen molar-refractivity contribution >= 4 is 28.7 Å². The first-order chi connectivity index (χ1) is 15.5. The van der Waals surface area contributed by atoms with Gasteiger partial charge in [-0.1, -0.05) is 19.3 Å². The fraction of sp³-hybridized carbons (Fsp3) is 0.565. The largest absolute Gasteiger partial charge is 0.494 e. The molecule has 1 fully saturated rings. The number of aryl methyl sites for hydroxylation is 1. The smallest absolute Gasteiger partial charge is 0.263 e. The molecule has 2 aliphatic rings. The fourth-order valence-corrected chi connectivity index (χ4v) is 4.67. The minimum atomic E-state index is -0.279. The standard InChI is InChI=1S/C23H30N4O5/c1-15-12-17(13-18-21(15)25-23-24-19(29)14-27(23)22(18)31)32-11-5-8-20(30)26(9-10-28)16-6-3-2-4-7-16/h12-13,16,28H,2-11,14H2,1H3,(H,24,25,29). The predicted octanol–water partition coefficient (Wildman–Crippen LogP) is 1.97. The lowest BCUT2D eigenvalue weighted by atomic mass is 9.94. The highest BCUT2D eigenvalue weighted by Gasteiger charge is 2.25. The summed E-state index contributed by atoms with van der Waals surface area (Å²) in [6.07, 6.45) is 6.39. The summed E-state index contributed by atoms with van der Waals surface area (Å²) in [7, 11) is 0. The second-order valence-corrected chi connectivity index (χ2v) is 8.57. The number of benzene rings is 1. The zero-order valence-electron chi connectivity index (χ0n) is 18.4. The average Bonchev–Trinajstić information content (AvgIpc) is 3.17. The molecule has 32 heavy (non-hydrogen) atoms. The van der Waals surface area contributed by atoms with Crippen LogP contribution < -0.4 is 15.6 Å². The fourth-order valence-electron chi connectivity index (χ4n) is 4.67. The van der Waals surface area contributed by atoms with Crippen LogP contribution in [0.4, 0.5) is 5.95 Å². The number of aromatic nitrogens is 2. The summed E-state index contributed by atoms with van der Waals surface area (Å²) in [6, 6.07) is 3.69. The van der Waals surface area contributed by atoms with Gasteiger partial charge in [0.25, 0.3) is 5.56 Å². The number of carbonyl (C=O) groups excluding carboxylic acids is 2. The van der Waals surface area contributed by atoms with Gasteiger partial charge in [0.2, 0.25) is 17.8 Å². The number of aliphatic hydroxyl groups excluding tert-OH is 1. The lowest BCUT2D eigenvalue weighted by molar-refractivity contribution is -0.135. The Balaban J connectivity index is 1.38. The SMILES string of the molecule is Cc1cc(OCCCC(=O)N(CCO)C2CCCCC2)cc2c(=O)n3c(nc12)NC(=O)C3. The van der Waals surface area contributed by atoms with Crippen molar-refractivity contribution in [2.45, 2.75) is 64.5 Å². The second kappa shape index (κ2) is 9.68. The molecule has 0 saturated heterocycles. The zero-order chi connectivity index (χ0) is 22.7. The van der Waals surface area contributed by atoms with E-state index >= 15 is 0 Å². The van der Waals surface area contributed by atoms with E-state index in [4.69, 9.17) is 4.74 Å². The molecule has 0 spiro atoms. The molecule has 0 bridgehead atoms. The highest BCUT2D eigenvalue weighted by atomic mass is 16.5. The number of amides is 2. The van der Waals surface area contributed by atoms with E-state index in [0.717, 1.165) is 31.2 Å². The number of aliphatic hydroxyl groups is 1. The lowest BCUT2D eigenvalue weighted by Crippen LogP contribution is -2.43. The molecule has 1 aromatic carbocycles. The molecule has 4 rings (SSSR count). The van der Waals surface area contributed by atoms with Gasteiger partial charge in [-0.05, 0) is 43.9 Å². The first-order valence-electron chi connectivity index (χ1n) is 11.4. The maximum absolute atomic E-state index is 12.8. The van der Waals surface area contributed by atoms with E-state index in [1.807, 2.05) is 17.9 Å². The number of ether oxygens (including phenoxy) is 1. The Hall–Kier alpha value is -2.94. The van der Waals surface area contributed by atoms with Crippen LogP contribution >= 0.6 is 0 Å². The molecule has 0 radical (unpaired) electrons. The maximum atomic E-state index is 12.8. The third-order valence-electron chi connectivity index (χ3n) is 6.26. The Labute approximate surface area is 186 Å². The van der Waals surface area contributed by atoms with Crippen LogP contribution in [0.3, 0.4) is 0 Å². The van der Waals surface area contributed by atoms with Gasteiger partial charge >= 0.3 is 0 Å². The van der Waals surface area contributed by atoms with Crippen LogP contribution in [0.5, 0.6) is 5.75 Å². The summed E-state index contributed by atoms with van der Waals surface area (Å²) in [5, 5.41) is 12.4. The van der Waals surface area contributed by atoms with Crippen molar-refractivity contribution in [3.8, 4) is 5.75 Å². The topological polar surface area (TPSA) is 114 Å². The number of anilines is 1. The number of rotatable bonds is 8. The average molecular weight is 443 g/mol. The third-order valence-corrected chi connectivity index (χ3v) is 6.26. The molecule has 9 nitrogen and oxygen atoms in total. The number of nitrogens with one attached hydrogen (secondary N) is 1. The molecule has 1 aliphatic heterocycles. The van der Waals surface area contributed by atoms with Gasteiger partial charge < -0.3 is 14.7 Å². The third kappa shape index (κ3) is 4.62. The van der Waals surface area contributed by atoms with Gasteiger partial charge in [0.15, 0.2) is 0 Å². The molecule has 1 aliphatic carbocycles. The lowest BCUT2D eigenvalue weighted by Gasteiger charge is -2.34. The Morgan fingerprint density at radius 3 is 2.81 bits per heavy atom. The molecule has 2 N–H and O–H groups in total. The quantitative estimate of drug-likeness (QED) is 0.604.